The van der Waals surface area contributed by atoms with Gasteiger partial charge in [-0.15, -0.1) is 0 Å². The maximum absolute atomic E-state index is 10.4. The van der Waals surface area contributed by atoms with E-state index in [4.69, 9.17) is 4.74 Å². The van der Waals surface area contributed by atoms with Crippen molar-refractivity contribution >= 4 is 21.6 Å². The molecule has 0 aliphatic carbocycles. The molecule has 0 N–H and O–H groups in total. The average Bonchev–Trinajstić information content (AvgIpc) is 2.87. The molecular formula is C8H6BrNO3. The van der Waals surface area contributed by atoms with Crippen LogP contribution in [-0.2, 0) is 4.74 Å². The second-order valence-electron chi connectivity index (χ2n) is 2.78. The predicted molar refractivity (Wildman–Crippen MR) is 49.5 cm³/mol. The van der Waals surface area contributed by atoms with Gasteiger partial charge in [0.2, 0.25) is 0 Å². The number of rotatable bonds is 2. The number of non-ortho nitro benzene ring substituents is 1. The van der Waals surface area contributed by atoms with Crippen LogP contribution in [-0.4, -0.2) is 11.5 Å². The number of nitrogens with zero attached hydrogens (tertiary/aromatic N) is 1. The Balaban J connectivity index is 2.36. The van der Waals surface area contributed by atoms with Gasteiger partial charge in [0.25, 0.3) is 5.69 Å². The number of epoxide rings is 1. The van der Waals surface area contributed by atoms with E-state index in [1.54, 1.807) is 6.07 Å². The zero-order chi connectivity index (χ0) is 9.42. The Bertz CT molecular complexity index is 362. The van der Waals surface area contributed by atoms with Crippen LogP contribution < -0.4 is 0 Å². The molecule has 0 saturated carbocycles. The molecule has 1 heterocycles. The lowest BCUT2D eigenvalue weighted by Gasteiger charge is -1.99. The summed E-state index contributed by atoms with van der Waals surface area (Å²) in [5.41, 5.74) is 1.07. The van der Waals surface area contributed by atoms with Gasteiger partial charge in [-0.05, 0) is 11.6 Å². The molecule has 1 aliphatic rings. The molecule has 0 radical (unpaired) electrons. The molecule has 0 amide bonds. The van der Waals surface area contributed by atoms with Crippen molar-refractivity contribution in [3.8, 4) is 0 Å². The first kappa shape index (κ1) is 8.65. The van der Waals surface area contributed by atoms with E-state index in [0.29, 0.717) is 6.61 Å². The Hall–Kier alpha value is -0.940. The highest BCUT2D eigenvalue weighted by molar-refractivity contribution is 9.10. The van der Waals surface area contributed by atoms with Crippen molar-refractivity contribution in [1.82, 2.24) is 0 Å². The largest absolute Gasteiger partial charge is 0.368 e. The van der Waals surface area contributed by atoms with Gasteiger partial charge < -0.3 is 4.74 Å². The van der Waals surface area contributed by atoms with E-state index in [2.05, 4.69) is 15.9 Å². The lowest BCUT2D eigenvalue weighted by Crippen LogP contribution is -1.90. The zero-order valence-corrected chi connectivity index (χ0v) is 8.15. The highest BCUT2D eigenvalue weighted by Crippen LogP contribution is 2.36. The van der Waals surface area contributed by atoms with Gasteiger partial charge in [-0.3, -0.25) is 10.1 Å². The lowest BCUT2D eigenvalue weighted by atomic mass is 10.1. The predicted octanol–water partition coefficient (Wildman–Crippen LogP) is 2.43. The fourth-order valence-corrected chi connectivity index (χ4v) is 1.74. The van der Waals surface area contributed by atoms with Crippen LogP contribution in [0, 0.1) is 10.1 Å². The van der Waals surface area contributed by atoms with Crippen LogP contribution in [0.3, 0.4) is 0 Å². The first-order chi connectivity index (χ1) is 6.18. The summed E-state index contributed by atoms with van der Waals surface area (Å²) in [7, 11) is 0. The van der Waals surface area contributed by atoms with Gasteiger partial charge in [0, 0.05) is 16.6 Å². The summed E-state index contributed by atoms with van der Waals surface area (Å²) >= 11 is 3.27. The SMILES string of the molecule is O=[N+]([O-])c1ccc(C2CO2)c(Br)c1. The molecule has 4 nitrogen and oxygen atoms in total. The monoisotopic (exact) mass is 243 g/mol. The molecule has 0 bridgehead atoms. The highest BCUT2D eigenvalue weighted by Gasteiger charge is 2.27. The van der Waals surface area contributed by atoms with Crippen LogP contribution in [0.1, 0.15) is 11.7 Å². The first-order valence-electron chi connectivity index (χ1n) is 3.74. The minimum absolute atomic E-state index is 0.0938. The number of hydrogen-bond acceptors (Lipinski definition) is 3. The fourth-order valence-electron chi connectivity index (χ4n) is 1.12. The minimum Gasteiger partial charge on any atom is -0.368 e. The van der Waals surface area contributed by atoms with E-state index >= 15 is 0 Å². The molecule has 2 rings (SSSR count). The summed E-state index contributed by atoms with van der Waals surface area (Å²) in [4.78, 5) is 9.99. The molecule has 1 atom stereocenters. The summed E-state index contributed by atoms with van der Waals surface area (Å²) in [6.07, 6.45) is 0.121. The van der Waals surface area contributed by atoms with Crippen molar-refractivity contribution in [2.45, 2.75) is 6.10 Å². The van der Waals surface area contributed by atoms with Gasteiger partial charge in [0.05, 0.1) is 11.5 Å². The number of halogens is 1. The second kappa shape index (κ2) is 3.08. The summed E-state index contributed by atoms with van der Waals surface area (Å²) in [6.45, 7) is 0.705. The fraction of sp³-hybridized carbons (Fsp3) is 0.250. The standard InChI is InChI=1S/C8H6BrNO3/c9-7-3-5(10(11)12)1-2-6(7)8-4-13-8/h1-3,8H,4H2. The molecule has 1 aliphatic heterocycles. The lowest BCUT2D eigenvalue weighted by molar-refractivity contribution is -0.384. The highest BCUT2D eigenvalue weighted by atomic mass is 79.9. The minimum atomic E-state index is -0.414. The van der Waals surface area contributed by atoms with E-state index in [0.717, 1.165) is 10.0 Å². The Morgan fingerprint density at radius 1 is 1.62 bits per heavy atom. The van der Waals surface area contributed by atoms with E-state index in [9.17, 15) is 10.1 Å². The molecule has 1 aromatic rings. The molecule has 68 valence electrons. The molecule has 1 aromatic carbocycles. The number of nitro benzene ring substituents is 1. The number of benzene rings is 1. The maximum Gasteiger partial charge on any atom is 0.270 e. The Kier molecular flexibility index (Phi) is 2.05. The van der Waals surface area contributed by atoms with Gasteiger partial charge >= 0.3 is 0 Å². The van der Waals surface area contributed by atoms with Crippen molar-refractivity contribution in [3.05, 3.63) is 38.3 Å². The molecule has 1 fully saturated rings. The maximum atomic E-state index is 10.4. The van der Waals surface area contributed by atoms with Crippen LogP contribution >= 0.6 is 15.9 Å². The third-order valence-corrected chi connectivity index (χ3v) is 2.56. The van der Waals surface area contributed by atoms with E-state index in [1.165, 1.54) is 12.1 Å². The van der Waals surface area contributed by atoms with Gasteiger partial charge in [-0.2, -0.15) is 0 Å². The van der Waals surface area contributed by atoms with Gasteiger partial charge in [-0.25, -0.2) is 0 Å². The number of ether oxygens (including phenoxy) is 1. The third-order valence-electron chi connectivity index (χ3n) is 1.88. The molecule has 13 heavy (non-hydrogen) atoms. The molecule has 1 unspecified atom stereocenters. The molecule has 5 heteroatoms. The van der Waals surface area contributed by atoms with Crippen LogP contribution in [0.5, 0.6) is 0 Å². The summed E-state index contributed by atoms with van der Waals surface area (Å²) in [5, 5.41) is 10.4. The van der Waals surface area contributed by atoms with Crippen LogP contribution in [0.25, 0.3) is 0 Å². The van der Waals surface area contributed by atoms with Crippen molar-refractivity contribution in [3.63, 3.8) is 0 Å². The van der Waals surface area contributed by atoms with Gasteiger partial charge in [0.1, 0.15) is 6.10 Å². The first-order valence-corrected chi connectivity index (χ1v) is 4.53. The molecule has 0 aromatic heterocycles. The van der Waals surface area contributed by atoms with Crippen LogP contribution in [0.4, 0.5) is 5.69 Å². The molecular weight excluding hydrogens is 238 g/mol. The van der Waals surface area contributed by atoms with Crippen molar-refractivity contribution in [2.24, 2.45) is 0 Å². The van der Waals surface area contributed by atoms with Gasteiger partial charge in [0.15, 0.2) is 0 Å². The zero-order valence-electron chi connectivity index (χ0n) is 6.57. The smallest absolute Gasteiger partial charge is 0.270 e. The van der Waals surface area contributed by atoms with E-state index in [1.807, 2.05) is 0 Å². The average molecular weight is 244 g/mol. The van der Waals surface area contributed by atoms with Crippen molar-refractivity contribution in [1.29, 1.82) is 0 Å². The normalized spacial score (nSPS) is 19.9. The molecule has 1 saturated heterocycles. The Morgan fingerprint density at radius 3 is 2.77 bits per heavy atom. The summed E-state index contributed by atoms with van der Waals surface area (Å²) in [5.74, 6) is 0. The summed E-state index contributed by atoms with van der Waals surface area (Å²) in [6, 6.07) is 4.71. The topological polar surface area (TPSA) is 55.7 Å². The quantitative estimate of drug-likeness (QED) is 0.456. The number of nitro groups is 1. The van der Waals surface area contributed by atoms with Crippen molar-refractivity contribution in [2.75, 3.05) is 6.61 Å². The van der Waals surface area contributed by atoms with Crippen molar-refractivity contribution < 1.29 is 9.66 Å². The third kappa shape index (κ3) is 1.71. The van der Waals surface area contributed by atoms with Crippen LogP contribution in [0.15, 0.2) is 22.7 Å². The summed E-state index contributed by atoms with van der Waals surface area (Å²) < 4.78 is 5.82. The van der Waals surface area contributed by atoms with E-state index < -0.39 is 4.92 Å². The number of hydrogen-bond donors (Lipinski definition) is 0. The van der Waals surface area contributed by atoms with Gasteiger partial charge in [-0.1, -0.05) is 15.9 Å². The second-order valence-corrected chi connectivity index (χ2v) is 3.64. The Morgan fingerprint density at radius 2 is 2.31 bits per heavy atom. The Labute approximate surface area is 82.8 Å². The van der Waals surface area contributed by atoms with E-state index in [-0.39, 0.29) is 11.8 Å². The van der Waals surface area contributed by atoms with Crippen LogP contribution in [0.2, 0.25) is 0 Å². The molecule has 0 spiro atoms.